The van der Waals surface area contributed by atoms with Gasteiger partial charge in [-0.3, -0.25) is 14.9 Å². The Labute approximate surface area is 161 Å². The number of alkyl carbamates (subject to hydrolysis) is 1. The van der Waals surface area contributed by atoms with Crippen molar-refractivity contribution >= 4 is 23.9 Å². The van der Waals surface area contributed by atoms with Crippen LogP contribution in [-0.4, -0.2) is 37.2 Å². The Morgan fingerprint density at radius 2 is 1.43 bits per heavy atom. The Morgan fingerprint density at radius 1 is 0.893 bits per heavy atom. The molecule has 1 N–H and O–H groups in total. The molecule has 2 rings (SSSR count). The lowest BCUT2D eigenvalue weighted by Gasteiger charge is -2.12. The second kappa shape index (κ2) is 9.31. The van der Waals surface area contributed by atoms with E-state index in [2.05, 4.69) is 4.74 Å². The summed E-state index contributed by atoms with van der Waals surface area (Å²) in [5, 5.41) is 1.92. The van der Waals surface area contributed by atoms with E-state index in [-0.39, 0.29) is 5.56 Å². The fourth-order valence-electron chi connectivity index (χ4n) is 2.22. The molecule has 0 heterocycles. The molecule has 2 aromatic carbocycles. The molecule has 0 saturated heterocycles. The summed E-state index contributed by atoms with van der Waals surface area (Å²) in [5.41, 5.74) is 1.95. The van der Waals surface area contributed by atoms with E-state index >= 15 is 0 Å². The van der Waals surface area contributed by atoms with Crippen LogP contribution in [-0.2, 0) is 19.1 Å². The fourth-order valence-corrected chi connectivity index (χ4v) is 2.22. The summed E-state index contributed by atoms with van der Waals surface area (Å²) in [7, 11) is 1.12. The molecule has 0 aliphatic carbocycles. The minimum absolute atomic E-state index is 0.248. The molecule has 0 aromatic heterocycles. The molecule has 0 fully saturated rings. The van der Waals surface area contributed by atoms with Crippen LogP contribution in [0.2, 0.25) is 0 Å². The van der Waals surface area contributed by atoms with E-state index in [1.54, 1.807) is 48.5 Å². The number of carbonyl (C=O) groups is 4. The number of hydrogen-bond acceptors (Lipinski definition) is 7. The van der Waals surface area contributed by atoms with Gasteiger partial charge < -0.3 is 14.2 Å². The third-order valence-corrected chi connectivity index (χ3v) is 3.63. The van der Waals surface area contributed by atoms with Crippen LogP contribution in [0.1, 0.15) is 24.2 Å². The van der Waals surface area contributed by atoms with Gasteiger partial charge in [0.15, 0.2) is 6.10 Å². The van der Waals surface area contributed by atoms with Crippen molar-refractivity contribution in [3.63, 3.8) is 0 Å². The van der Waals surface area contributed by atoms with Crippen molar-refractivity contribution in [2.45, 2.75) is 20.0 Å². The summed E-state index contributed by atoms with van der Waals surface area (Å²) < 4.78 is 14.3. The SMILES string of the molecule is COC(=O)NC(=O)[C@@H](C)OC(=O)c1ccc(-c2ccc(OC(C)=O)cc2)cc1. The zero-order chi connectivity index (χ0) is 20.7. The molecule has 0 radical (unpaired) electrons. The van der Waals surface area contributed by atoms with Crippen LogP contribution < -0.4 is 10.1 Å². The monoisotopic (exact) mass is 385 g/mol. The van der Waals surface area contributed by atoms with E-state index in [9.17, 15) is 19.2 Å². The van der Waals surface area contributed by atoms with E-state index in [4.69, 9.17) is 9.47 Å². The van der Waals surface area contributed by atoms with Crippen molar-refractivity contribution in [2.75, 3.05) is 7.11 Å². The van der Waals surface area contributed by atoms with Gasteiger partial charge in [0.05, 0.1) is 12.7 Å². The molecule has 0 saturated carbocycles. The van der Waals surface area contributed by atoms with Gasteiger partial charge >= 0.3 is 18.0 Å². The number of esters is 2. The predicted octanol–water partition coefficient (Wildman–Crippen LogP) is 2.71. The maximum atomic E-state index is 12.1. The number of nitrogens with one attached hydrogen (secondary N) is 1. The van der Waals surface area contributed by atoms with Crippen LogP contribution in [0.4, 0.5) is 4.79 Å². The molecule has 0 aliphatic heterocycles. The molecule has 0 bridgehead atoms. The van der Waals surface area contributed by atoms with Crippen LogP contribution in [0.15, 0.2) is 48.5 Å². The molecule has 2 aromatic rings. The van der Waals surface area contributed by atoms with Gasteiger partial charge in [-0.05, 0) is 42.3 Å². The van der Waals surface area contributed by atoms with Gasteiger partial charge in [-0.25, -0.2) is 9.59 Å². The summed E-state index contributed by atoms with van der Waals surface area (Å²) in [5.74, 6) is -1.45. The highest BCUT2D eigenvalue weighted by Gasteiger charge is 2.21. The number of amides is 2. The van der Waals surface area contributed by atoms with Crippen LogP contribution in [0.3, 0.4) is 0 Å². The van der Waals surface area contributed by atoms with Crippen molar-refractivity contribution in [3.8, 4) is 16.9 Å². The van der Waals surface area contributed by atoms with Gasteiger partial charge in [-0.1, -0.05) is 24.3 Å². The van der Waals surface area contributed by atoms with Crippen LogP contribution in [0.5, 0.6) is 5.75 Å². The maximum Gasteiger partial charge on any atom is 0.413 e. The van der Waals surface area contributed by atoms with Crippen molar-refractivity contribution in [2.24, 2.45) is 0 Å². The summed E-state index contributed by atoms with van der Waals surface area (Å²) >= 11 is 0. The lowest BCUT2D eigenvalue weighted by molar-refractivity contribution is -0.132. The molecule has 0 unspecified atom stereocenters. The third kappa shape index (κ3) is 5.66. The molecule has 8 heteroatoms. The first-order chi connectivity index (χ1) is 13.3. The quantitative estimate of drug-likeness (QED) is 0.623. The summed E-state index contributed by atoms with van der Waals surface area (Å²) in [6.45, 7) is 2.67. The average molecular weight is 385 g/mol. The molecular formula is C20H19NO7. The molecule has 28 heavy (non-hydrogen) atoms. The molecule has 8 nitrogen and oxygen atoms in total. The molecule has 0 spiro atoms. The molecule has 0 aliphatic rings. The van der Waals surface area contributed by atoms with Crippen LogP contribution >= 0.6 is 0 Å². The molecule has 1 atom stereocenters. The van der Waals surface area contributed by atoms with E-state index in [0.29, 0.717) is 5.75 Å². The van der Waals surface area contributed by atoms with Gasteiger partial charge in [-0.2, -0.15) is 0 Å². The Hall–Kier alpha value is -3.68. The summed E-state index contributed by atoms with van der Waals surface area (Å²) in [4.78, 5) is 45.8. The lowest BCUT2D eigenvalue weighted by Crippen LogP contribution is -2.39. The summed E-state index contributed by atoms with van der Waals surface area (Å²) in [6, 6.07) is 13.5. The molecule has 2 amide bonds. The smallest absolute Gasteiger partial charge is 0.413 e. The van der Waals surface area contributed by atoms with Crippen molar-refractivity contribution in [3.05, 3.63) is 54.1 Å². The zero-order valence-corrected chi connectivity index (χ0v) is 15.6. The van der Waals surface area contributed by atoms with Gasteiger partial charge in [0.2, 0.25) is 0 Å². The standard InChI is InChI=1S/C20H19NO7/c1-12(18(23)21-20(25)26-3)27-19(24)16-6-4-14(5-7-16)15-8-10-17(11-9-15)28-13(2)22/h4-12H,1-3H3,(H,21,23,25)/t12-/m1/s1. The highest BCUT2D eigenvalue weighted by molar-refractivity contribution is 5.97. The summed E-state index contributed by atoms with van der Waals surface area (Å²) in [6.07, 6.45) is -2.10. The number of hydrogen-bond donors (Lipinski definition) is 1. The second-order valence-corrected chi connectivity index (χ2v) is 5.72. The number of methoxy groups -OCH3 is 1. The maximum absolute atomic E-state index is 12.1. The number of rotatable bonds is 5. The lowest BCUT2D eigenvalue weighted by atomic mass is 10.0. The van der Waals surface area contributed by atoms with Gasteiger partial charge in [0, 0.05) is 6.92 Å². The largest absolute Gasteiger partial charge is 0.453 e. The first-order valence-corrected chi connectivity index (χ1v) is 8.29. The van der Waals surface area contributed by atoms with Gasteiger partial charge in [0.1, 0.15) is 5.75 Å². The normalized spacial score (nSPS) is 11.1. The van der Waals surface area contributed by atoms with Crippen molar-refractivity contribution in [1.29, 1.82) is 0 Å². The second-order valence-electron chi connectivity index (χ2n) is 5.72. The van der Waals surface area contributed by atoms with Crippen LogP contribution in [0, 0.1) is 0 Å². The van der Waals surface area contributed by atoms with Crippen molar-refractivity contribution < 1.29 is 33.4 Å². The van der Waals surface area contributed by atoms with E-state index < -0.39 is 30.0 Å². The Balaban J connectivity index is 2.01. The first kappa shape index (κ1) is 20.6. The highest BCUT2D eigenvalue weighted by atomic mass is 16.6. The zero-order valence-electron chi connectivity index (χ0n) is 15.6. The van der Waals surface area contributed by atoms with Crippen molar-refractivity contribution in [1.82, 2.24) is 5.32 Å². The van der Waals surface area contributed by atoms with E-state index in [0.717, 1.165) is 18.2 Å². The van der Waals surface area contributed by atoms with Crippen LogP contribution in [0.25, 0.3) is 11.1 Å². The van der Waals surface area contributed by atoms with E-state index in [1.165, 1.54) is 13.8 Å². The highest BCUT2D eigenvalue weighted by Crippen LogP contribution is 2.23. The number of carbonyl (C=O) groups excluding carboxylic acids is 4. The minimum atomic E-state index is -1.17. The fraction of sp³-hybridized carbons (Fsp3) is 0.200. The van der Waals surface area contributed by atoms with Gasteiger partial charge in [-0.15, -0.1) is 0 Å². The van der Waals surface area contributed by atoms with Gasteiger partial charge in [0.25, 0.3) is 5.91 Å². The van der Waals surface area contributed by atoms with E-state index in [1.807, 2.05) is 5.32 Å². The first-order valence-electron chi connectivity index (χ1n) is 8.29. The Morgan fingerprint density at radius 3 is 1.93 bits per heavy atom. The molecular weight excluding hydrogens is 366 g/mol. The third-order valence-electron chi connectivity index (χ3n) is 3.63. The number of imide groups is 1. The topological polar surface area (TPSA) is 108 Å². The molecule has 146 valence electrons. The average Bonchev–Trinajstić information content (AvgIpc) is 2.68. The number of benzene rings is 2. The Kier molecular flexibility index (Phi) is 6.86. The Bertz CT molecular complexity index is 872. The predicted molar refractivity (Wildman–Crippen MR) is 98.6 cm³/mol. The minimum Gasteiger partial charge on any atom is -0.453 e. The number of ether oxygens (including phenoxy) is 3.